The first kappa shape index (κ1) is 12.8. The Kier molecular flexibility index (Phi) is 3.91. The van der Waals surface area contributed by atoms with Crippen molar-refractivity contribution in [1.29, 1.82) is 0 Å². The average molecular weight is 278 g/mol. The van der Waals surface area contributed by atoms with Gasteiger partial charge in [-0.25, -0.2) is 4.98 Å². The van der Waals surface area contributed by atoms with Crippen LogP contribution < -0.4 is 5.32 Å². The van der Waals surface area contributed by atoms with Crippen molar-refractivity contribution >= 4 is 11.3 Å². The van der Waals surface area contributed by atoms with Crippen molar-refractivity contribution in [3.05, 3.63) is 34.5 Å². The van der Waals surface area contributed by atoms with E-state index in [1.807, 2.05) is 29.6 Å². The van der Waals surface area contributed by atoms with Crippen LogP contribution in [-0.4, -0.2) is 27.9 Å². The molecule has 1 fully saturated rings. The van der Waals surface area contributed by atoms with Gasteiger partial charge >= 0.3 is 0 Å². The minimum Gasteiger partial charge on any atom is -0.373 e. The number of thiazole rings is 1. The van der Waals surface area contributed by atoms with Crippen molar-refractivity contribution in [2.45, 2.75) is 19.1 Å². The van der Waals surface area contributed by atoms with Gasteiger partial charge in [-0.15, -0.1) is 11.3 Å². The lowest BCUT2D eigenvalue weighted by molar-refractivity contribution is 0.0904. The second kappa shape index (κ2) is 5.81. The van der Waals surface area contributed by atoms with E-state index in [-0.39, 0.29) is 6.10 Å². The Morgan fingerprint density at radius 1 is 1.58 bits per heavy atom. The van der Waals surface area contributed by atoms with Crippen LogP contribution in [0.25, 0.3) is 0 Å². The maximum Gasteiger partial charge on any atom is 0.0896 e. The molecular weight excluding hydrogens is 260 g/mol. The SMILES string of the molecule is Cn1cc([C@@H]2OCC[C@H]2CNCc2cscn2)cn1. The highest BCUT2D eigenvalue weighted by Gasteiger charge is 2.30. The fourth-order valence-corrected chi connectivity index (χ4v) is 3.07. The molecule has 2 atom stereocenters. The Morgan fingerprint density at radius 3 is 3.26 bits per heavy atom. The average Bonchev–Trinajstić information content (AvgIpc) is 3.10. The molecule has 1 aliphatic heterocycles. The van der Waals surface area contributed by atoms with Crippen molar-refractivity contribution < 1.29 is 4.74 Å². The van der Waals surface area contributed by atoms with Gasteiger partial charge in [-0.2, -0.15) is 5.10 Å². The molecule has 0 aromatic carbocycles. The molecule has 0 amide bonds. The molecular formula is C13H18N4OS. The van der Waals surface area contributed by atoms with Gasteiger partial charge in [0.15, 0.2) is 0 Å². The van der Waals surface area contributed by atoms with E-state index in [0.717, 1.165) is 31.8 Å². The fourth-order valence-electron chi connectivity index (χ4n) is 2.51. The maximum atomic E-state index is 5.85. The molecule has 5 nitrogen and oxygen atoms in total. The number of hydrogen-bond acceptors (Lipinski definition) is 5. The summed E-state index contributed by atoms with van der Waals surface area (Å²) in [6.07, 6.45) is 5.23. The molecule has 3 rings (SSSR count). The van der Waals surface area contributed by atoms with E-state index in [0.29, 0.717) is 5.92 Å². The number of hydrogen-bond donors (Lipinski definition) is 1. The molecule has 2 aromatic heterocycles. The smallest absolute Gasteiger partial charge is 0.0896 e. The van der Waals surface area contributed by atoms with Crippen LogP contribution in [0.2, 0.25) is 0 Å². The Hall–Kier alpha value is -1.24. The van der Waals surface area contributed by atoms with Gasteiger partial charge in [0.2, 0.25) is 0 Å². The lowest BCUT2D eigenvalue weighted by Crippen LogP contribution is -2.24. The van der Waals surface area contributed by atoms with E-state index in [9.17, 15) is 0 Å². The van der Waals surface area contributed by atoms with E-state index < -0.39 is 0 Å². The van der Waals surface area contributed by atoms with E-state index in [2.05, 4.69) is 20.8 Å². The monoisotopic (exact) mass is 278 g/mol. The minimum absolute atomic E-state index is 0.177. The lowest BCUT2D eigenvalue weighted by atomic mass is 9.97. The van der Waals surface area contributed by atoms with Gasteiger partial charge in [-0.1, -0.05) is 0 Å². The quantitative estimate of drug-likeness (QED) is 0.905. The summed E-state index contributed by atoms with van der Waals surface area (Å²) >= 11 is 1.64. The summed E-state index contributed by atoms with van der Waals surface area (Å²) in [5, 5.41) is 9.78. The van der Waals surface area contributed by atoms with Crippen molar-refractivity contribution in [3.63, 3.8) is 0 Å². The number of aryl methyl sites for hydroxylation is 1. The third kappa shape index (κ3) is 3.02. The largest absolute Gasteiger partial charge is 0.373 e. The first-order chi connectivity index (χ1) is 9.33. The van der Waals surface area contributed by atoms with Crippen molar-refractivity contribution in [2.75, 3.05) is 13.2 Å². The standard InChI is InChI=1S/C13H18N4OS/c1-17-7-11(5-16-17)13-10(2-3-18-13)4-14-6-12-8-19-9-15-12/h5,7-10,13-14H,2-4,6H2,1H3/t10-,13+/m0/s1. The number of nitrogens with one attached hydrogen (secondary N) is 1. The second-order valence-electron chi connectivity index (χ2n) is 4.90. The zero-order valence-electron chi connectivity index (χ0n) is 11.0. The van der Waals surface area contributed by atoms with E-state index >= 15 is 0 Å². The first-order valence-electron chi connectivity index (χ1n) is 6.51. The van der Waals surface area contributed by atoms with Crippen LogP contribution in [0.4, 0.5) is 0 Å². The molecule has 0 radical (unpaired) electrons. The van der Waals surface area contributed by atoms with Gasteiger partial charge in [0, 0.05) is 49.8 Å². The van der Waals surface area contributed by atoms with Crippen LogP contribution in [0.5, 0.6) is 0 Å². The van der Waals surface area contributed by atoms with Crippen molar-refractivity contribution in [3.8, 4) is 0 Å². The summed E-state index contributed by atoms with van der Waals surface area (Å²) in [5.74, 6) is 0.517. The van der Waals surface area contributed by atoms with E-state index in [1.54, 1.807) is 11.3 Å². The molecule has 2 aromatic rings. The predicted molar refractivity (Wildman–Crippen MR) is 73.8 cm³/mol. The number of aromatic nitrogens is 3. The first-order valence-corrected chi connectivity index (χ1v) is 7.45. The number of rotatable bonds is 5. The molecule has 102 valence electrons. The number of nitrogens with zero attached hydrogens (tertiary/aromatic N) is 3. The van der Waals surface area contributed by atoms with Crippen LogP contribution in [0.3, 0.4) is 0 Å². The maximum absolute atomic E-state index is 5.85. The second-order valence-corrected chi connectivity index (χ2v) is 5.62. The summed E-state index contributed by atoms with van der Waals surface area (Å²) in [6, 6.07) is 0. The summed E-state index contributed by atoms with van der Waals surface area (Å²) in [7, 11) is 1.94. The zero-order chi connectivity index (χ0) is 13.1. The molecule has 0 aliphatic carbocycles. The fraction of sp³-hybridized carbons (Fsp3) is 0.538. The summed E-state index contributed by atoms with van der Waals surface area (Å²) in [5.41, 5.74) is 4.16. The molecule has 3 heterocycles. The van der Waals surface area contributed by atoms with E-state index in [1.165, 1.54) is 5.56 Å². The molecule has 0 spiro atoms. The normalized spacial score (nSPS) is 23.0. The molecule has 1 N–H and O–H groups in total. The van der Waals surface area contributed by atoms with Gasteiger partial charge in [-0.05, 0) is 6.42 Å². The van der Waals surface area contributed by atoms with Gasteiger partial charge in [0.1, 0.15) is 0 Å². The molecule has 1 saturated heterocycles. The van der Waals surface area contributed by atoms with Gasteiger partial charge in [0.05, 0.1) is 23.5 Å². The van der Waals surface area contributed by atoms with Crippen LogP contribution in [0.1, 0.15) is 23.8 Å². The van der Waals surface area contributed by atoms with Crippen LogP contribution in [-0.2, 0) is 18.3 Å². The minimum atomic E-state index is 0.177. The molecule has 0 bridgehead atoms. The van der Waals surface area contributed by atoms with Gasteiger partial charge in [0.25, 0.3) is 0 Å². The molecule has 6 heteroatoms. The zero-order valence-corrected chi connectivity index (χ0v) is 11.8. The van der Waals surface area contributed by atoms with E-state index in [4.69, 9.17) is 4.74 Å². The Morgan fingerprint density at radius 2 is 2.53 bits per heavy atom. The Balaban J connectivity index is 1.55. The highest BCUT2D eigenvalue weighted by molar-refractivity contribution is 7.07. The van der Waals surface area contributed by atoms with Crippen LogP contribution >= 0.6 is 11.3 Å². The highest BCUT2D eigenvalue weighted by atomic mass is 32.1. The van der Waals surface area contributed by atoms with Crippen molar-refractivity contribution in [1.82, 2.24) is 20.1 Å². The summed E-state index contributed by atoms with van der Waals surface area (Å²) in [6.45, 7) is 2.62. The molecule has 19 heavy (non-hydrogen) atoms. The molecule has 0 saturated carbocycles. The molecule has 0 unspecified atom stereocenters. The molecule has 1 aliphatic rings. The third-order valence-electron chi connectivity index (χ3n) is 3.46. The van der Waals surface area contributed by atoms with Crippen LogP contribution in [0.15, 0.2) is 23.3 Å². The van der Waals surface area contributed by atoms with Crippen molar-refractivity contribution in [2.24, 2.45) is 13.0 Å². The topological polar surface area (TPSA) is 52.0 Å². The predicted octanol–water partition coefficient (Wildman–Crippen LogP) is 1.74. The van der Waals surface area contributed by atoms with Gasteiger partial charge in [-0.3, -0.25) is 4.68 Å². The Labute approximate surface area is 116 Å². The Bertz CT molecular complexity index is 510. The highest BCUT2D eigenvalue weighted by Crippen LogP contribution is 2.33. The summed E-state index contributed by atoms with van der Waals surface area (Å²) < 4.78 is 7.68. The van der Waals surface area contributed by atoms with Crippen LogP contribution in [0, 0.1) is 5.92 Å². The third-order valence-corrected chi connectivity index (χ3v) is 4.10. The number of ether oxygens (including phenoxy) is 1. The lowest BCUT2D eigenvalue weighted by Gasteiger charge is -2.17. The van der Waals surface area contributed by atoms with Gasteiger partial charge < -0.3 is 10.1 Å². The summed E-state index contributed by atoms with van der Waals surface area (Å²) in [4.78, 5) is 4.27.